The molecule has 0 atom stereocenters. The second-order valence-electron chi connectivity index (χ2n) is 6.04. The zero-order chi connectivity index (χ0) is 18.1. The van der Waals surface area contributed by atoms with Gasteiger partial charge in [-0.3, -0.25) is 0 Å². The number of anilines is 1. The Kier molecular flexibility index (Phi) is 4.26. The molecule has 0 saturated heterocycles. The maximum Gasteiger partial charge on any atom is 0.165 e. The van der Waals surface area contributed by atoms with Crippen LogP contribution in [-0.2, 0) is 6.54 Å². The van der Waals surface area contributed by atoms with Crippen molar-refractivity contribution in [2.45, 2.75) is 6.54 Å². The van der Waals surface area contributed by atoms with Crippen molar-refractivity contribution in [1.82, 2.24) is 9.97 Å². The van der Waals surface area contributed by atoms with Crippen molar-refractivity contribution >= 4 is 28.1 Å². The molecule has 130 valence electrons. The van der Waals surface area contributed by atoms with E-state index in [1.54, 1.807) is 35.6 Å². The number of hydrogen-bond acceptors (Lipinski definition) is 5. The molecule has 0 aliphatic rings. The SMILES string of the molecule is CN(Cc1ccsc1)c1nc(-c2ccccc2O)nc2ccc(F)cc12. The average molecular weight is 365 g/mol. The molecule has 0 unspecified atom stereocenters. The molecule has 6 heteroatoms. The number of para-hydroxylation sites is 1. The summed E-state index contributed by atoms with van der Waals surface area (Å²) in [6.45, 7) is 0.645. The van der Waals surface area contributed by atoms with E-state index in [-0.39, 0.29) is 11.6 Å². The molecule has 1 N–H and O–H groups in total. The topological polar surface area (TPSA) is 49.2 Å². The van der Waals surface area contributed by atoms with Crippen LogP contribution in [0.3, 0.4) is 0 Å². The molecule has 26 heavy (non-hydrogen) atoms. The lowest BCUT2D eigenvalue weighted by atomic mass is 10.1. The Balaban J connectivity index is 1.88. The lowest BCUT2D eigenvalue weighted by Crippen LogP contribution is -2.18. The fourth-order valence-electron chi connectivity index (χ4n) is 2.89. The molecule has 0 aliphatic heterocycles. The van der Waals surface area contributed by atoms with Crippen LogP contribution < -0.4 is 4.90 Å². The van der Waals surface area contributed by atoms with Gasteiger partial charge in [-0.05, 0) is 52.7 Å². The highest BCUT2D eigenvalue weighted by Crippen LogP contribution is 2.32. The molecule has 0 radical (unpaired) electrons. The summed E-state index contributed by atoms with van der Waals surface area (Å²) < 4.78 is 13.8. The lowest BCUT2D eigenvalue weighted by molar-refractivity contribution is 0.477. The van der Waals surface area contributed by atoms with E-state index >= 15 is 0 Å². The number of halogens is 1. The normalized spacial score (nSPS) is 11.0. The van der Waals surface area contributed by atoms with Crippen molar-refractivity contribution in [2.75, 3.05) is 11.9 Å². The molecule has 2 heterocycles. The summed E-state index contributed by atoms with van der Waals surface area (Å²) in [5.74, 6) is 0.815. The molecule has 4 rings (SSSR count). The third-order valence-electron chi connectivity index (χ3n) is 4.14. The number of aromatic hydroxyl groups is 1. The molecule has 4 aromatic rings. The minimum absolute atomic E-state index is 0.111. The van der Waals surface area contributed by atoms with Gasteiger partial charge >= 0.3 is 0 Å². The first-order chi connectivity index (χ1) is 12.6. The number of benzene rings is 2. The monoisotopic (exact) mass is 365 g/mol. The van der Waals surface area contributed by atoms with E-state index in [1.165, 1.54) is 12.1 Å². The Labute approximate surface area is 154 Å². The largest absolute Gasteiger partial charge is 0.507 e. The minimum Gasteiger partial charge on any atom is -0.507 e. The number of fused-ring (bicyclic) bond motifs is 1. The lowest BCUT2D eigenvalue weighted by Gasteiger charge is -2.20. The first-order valence-electron chi connectivity index (χ1n) is 8.10. The zero-order valence-electron chi connectivity index (χ0n) is 14.1. The molecule has 4 nitrogen and oxygen atoms in total. The molecule has 0 aliphatic carbocycles. The molecule has 2 aromatic heterocycles. The first-order valence-corrected chi connectivity index (χ1v) is 9.04. The maximum atomic E-state index is 13.8. The molecule has 0 bridgehead atoms. The smallest absolute Gasteiger partial charge is 0.165 e. The number of phenolic OH excluding ortho intramolecular Hbond substituents is 1. The predicted octanol–water partition coefficient (Wildman–Crippen LogP) is 4.84. The van der Waals surface area contributed by atoms with Gasteiger partial charge in [0.25, 0.3) is 0 Å². The summed E-state index contributed by atoms with van der Waals surface area (Å²) in [5.41, 5.74) is 2.33. The molecule has 0 spiro atoms. The quantitative estimate of drug-likeness (QED) is 0.562. The Morgan fingerprint density at radius 3 is 2.73 bits per heavy atom. The number of thiophene rings is 1. The van der Waals surface area contributed by atoms with Gasteiger partial charge in [-0.2, -0.15) is 11.3 Å². The maximum absolute atomic E-state index is 13.8. The molecule has 2 aromatic carbocycles. The highest BCUT2D eigenvalue weighted by Gasteiger charge is 2.16. The fourth-order valence-corrected chi connectivity index (χ4v) is 3.55. The summed E-state index contributed by atoms with van der Waals surface area (Å²) in [5, 5.41) is 14.9. The van der Waals surface area contributed by atoms with Crippen molar-refractivity contribution in [3.63, 3.8) is 0 Å². The molecular formula is C20H16FN3OS. The Morgan fingerprint density at radius 2 is 1.96 bits per heavy atom. The minimum atomic E-state index is -0.332. The van der Waals surface area contributed by atoms with Crippen molar-refractivity contribution in [2.24, 2.45) is 0 Å². The van der Waals surface area contributed by atoms with Gasteiger partial charge in [0.1, 0.15) is 17.4 Å². The van der Waals surface area contributed by atoms with E-state index in [9.17, 15) is 9.50 Å². The molecule has 0 amide bonds. The van der Waals surface area contributed by atoms with Gasteiger partial charge in [0.2, 0.25) is 0 Å². The third-order valence-corrected chi connectivity index (χ3v) is 4.88. The highest BCUT2D eigenvalue weighted by molar-refractivity contribution is 7.07. The zero-order valence-corrected chi connectivity index (χ0v) is 14.9. The van der Waals surface area contributed by atoms with Gasteiger partial charge in [-0.1, -0.05) is 12.1 Å². The highest BCUT2D eigenvalue weighted by atomic mass is 32.1. The van der Waals surface area contributed by atoms with Gasteiger partial charge < -0.3 is 10.0 Å². The van der Waals surface area contributed by atoms with E-state index in [1.807, 2.05) is 23.4 Å². The van der Waals surface area contributed by atoms with Gasteiger partial charge in [0.05, 0.1) is 11.1 Å². The summed E-state index contributed by atoms with van der Waals surface area (Å²) >= 11 is 1.63. The summed E-state index contributed by atoms with van der Waals surface area (Å²) in [4.78, 5) is 11.1. The molecular weight excluding hydrogens is 349 g/mol. The van der Waals surface area contributed by atoms with Gasteiger partial charge in [-0.15, -0.1) is 0 Å². The summed E-state index contributed by atoms with van der Waals surface area (Å²) in [6.07, 6.45) is 0. The van der Waals surface area contributed by atoms with Crippen LogP contribution >= 0.6 is 11.3 Å². The number of aromatic nitrogens is 2. The third kappa shape index (κ3) is 3.11. The first kappa shape index (κ1) is 16.5. The average Bonchev–Trinajstić information content (AvgIpc) is 3.14. The van der Waals surface area contributed by atoms with Gasteiger partial charge in [0.15, 0.2) is 5.82 Å². The Bertz CT molecular complexity index is 1070. The van der Waals surface area contributed by atoms with Crippen molar-refractivity contribution < 1.29 is 9.50 Å². The van der Waals surface area contributed by atoms with Gasteiger partial charge in [0, 0.05) is 19.0 Å². The number of hydrogen-bond donors (Lipinski definition) is 1. The van der Waals surface area contributed by atoms with Crippen molar-refractivity contribution in [3.8, 4) is 17.1 Å². The van der Waals surface area contributed by atoms with Crippen LogP contribution in [0.25, 0.3) is 22.3 Å². The fraction of sp³-hybridized carbons (Fsp3) is 0.100. The molecule has 0 saturated carbocycles. The van der Waals surface area contributed by atoms with E-state index in [0.717, 1.165) is 5.56 Å². The molecule has 0 fully saturated rings. The van der Waals surface area contributed by atoms with E-state index in [2.05, 4.69) is 21.4 Å². The van der Waals surface area contributed by atoms with E-state index in [0.29, 0.717) is 34.7 Å². The number of nitrogens with zero attached hydrogens (tertiary/aromatic N) is 3. The standard InChI is InChI=1S/C20H16FN3OS/c1-24(11-13-8-9-26-12-13)20-16-10-14(21)6-7-17(16)22-19(23-20)15-4-2-3-5-18(15)25/h2-10,12,25H,11H2,1H3. The number of phenols is 1. The van der Waals surface area contributed by atoms with Crippen LogP contribution in [0.5, 0.6) is 5.75 Å². The second-order valence-corrected chi connectivity index (χ2v) is 6.82. The predicted molar refractivity (Wildman–Crippen MR) is 103 cm³/mol. The summed E-state index contributed by atoms with van der Waals surface area (Å²) in [6, 6.07) is 13.5. The van der Waals surface area contributed by atoms with E-state index < -0.39 is 0 Å². The van der Waals surface area contributed by atoms with Crippen LogP contribution in [0.4, 0.5) is 10.2 Å². The Morgan fingerprint density at radius 1 is 1.12 bits per heavy atom. The van der Waals surface area contributed by atoms with Gasteiger partial charge in [-0.25, -0.2) is 14.4 Å². The Hall–Kier alpha value is -2.99. The number of rotatable bonds is 4. The van der Waals surface area contributed by atoms with E-state index in [4.69, 9.17) is 0 Å². The van der Waals surface area contributed by atoms with Crippen molar-refractivity contribution in [3.05, 3.63) is 70.7 Å². The van der Waals surface area contributed by atoms with Crippen LogP contribution in [-0.4, -0.2) is 22.1 Å². The second kappa shape index (κ2) is 6.72. The van der Waals surface area contributed by atoms with Crippen LogP contribution in [0.15, 0.2) is 59.3 Å². The van der Waals surface area contributed by atoms with Crippen LogP contribution in [0.1, 0.15) is 5.56 Å². The summed E-state index contributed by atoms with van der Waals surface area (Å²) in [7, 11) is 1.92. The van der Waals surface area contributed by atoms with Crippen molar-refractivity contribution in [1.29, 1.82) is 0 Å². The van der Waals surface area contributed by atoms with Crippen LogP contribution in [0, 0.1) is 5.82 Å². The van der Waals surface area contributed by atoms with Crippen LogP contribution in [0.2, 0.25) is 0 Å².